The van der Waals surface area contributed by atoms with Crippen molar-refractivity contribution in [2.45, 2.75) is 25.3 Å². The highest BCUT2D eigenvalue weighted by Crippen LogP contribution is 2.15. The second kappa shape index (κ2) is 8.37. The van der Waals surface area contributed by atoms with Gasteiger partial charge >= 0.3 is 5.97 Å². The average Bonchev–Trinajstić information content (AvgIpc) is 2.21. The maximum Gasteiger partial charge on any atom is 0.320 e. The third-order valence-electron chi connectivity index (χ3n) is 2.16. The van der Waals surface area contributed by atoms with Crippen LogP contribution in [0.3, 0.4) is 0 Å². The lowest BCUT2D eigenvalue weighted by atomic mass is 9.95. The molecule has 94 valence electrons. The fourth-order valence-corrected chi connectivity index (χ4v) is 1.71. The normalized spacial score (nSPS) is 14.4. The first kappa shape index (κ1) is 15.2. The first-order valence-corrected chi connectivity index (χ1v) is 5.83. The molecule has 0 fully saturated rings. The zero-order chi connectivity index (χ0) is 12.6. The number of primary amides is 1. The van der Waals surface area contributed by atoms with E-state index in [1.807, 2.05) is 0 Å². The largest absolute Gasteiger partial charge is 0.480 e. The lowest BCUT2D eigenvalue weighted by molar-refractivity contribution is -0.139. The molecule has 2 unspecified atom stereocenters. The molecule has 0 saturated heterocycles. The summed E-state index contributed by atoms with van der Waals surface area (Å²) in [4.78, 5) is 21.6. The van der Waals surface area contributed by atoms with Crippen molar-refractivity contribution in [1.82, 2.24) is 0 Å². The highest BCUT2D eigenvalue weighted by Gasteiger charge is 2.22. The van der Waals surface area contributed by atoms with E-state index in [4.69, 9.17) is 20.8 Å². The molecule has 0 aromatic heterocycles. The van der Waals surface area contributed by atoms with Crippen LogP contribution >= 0.6 is 12.0 Å². The van der Waals surface area contributed by atoms with E-state index < -0.39 is 23.8 Å². The summed E-state index contributed by atoms with van der Waals surface area (Å²) in [6.45, 7) is 0. The molecule has 0 radical (unpaired) electrons. The molecule has 5 N–H and O–H groups in total. The molecule has 0 rings (SSSR count). The third-order valence-corrected chi connectivity index (χ3v) is 2.85. The van der Waals surface area contributed by atoms with Crippen LogP contribution in [0.15, 0.2) is 0 Å². The van der Waals surface area contributed by atoms with Gasteiger partial charge in [0.2, 0.25) is 5.91 Å². The Balaban J connectivity index is 3.98. The van der Waals surface area contributed by atoms with Gasteiger partial charge in [-0.2, -0.15) is 0 Å². The second-order valence-electron chi connectivity index (χ2n) is 3.41. The third kappa shape index (κ3) is 6.65. The van der Waals surface area contributed by atoms with E-state index in [0.29, 0.717) is 6.42 Å². The molecule has 0 aromatic carbocycles. The number of hydrogen-bond donors (Lipinski definition) is 3. The summed E-state index contributed by atoms with van der Waals surface area (Å²) < 4.78 is 4.79. The Labute approximate surface area is 98.9 Å². The van der Waals surface area contributed by atoms with Crippen LogP contribution in [0.1, 0.15) is 19.3 Å². The molecule has 2 atom stereocenters. The minimum atomic E-state index is -1.11. The van der Waals surface area contributed by atoms with Gasteiger partial charge in [0.1, 0.15) is 6.04 Å². The molecule has 1 amide bonds. The molecule has 16 heavy (non-hydrogen) atoms. The predicted molar refractivity (Wildman–Crippen MR) is 61.6 cm³/mol. The SMILES string of the molecule is COSCCCC(CC(N)C(=O)O)C(N)=O. The van der Waals surface area contributed by atoms with Crippen molar-refractivity contribution in [2.24, 2.45) is 17.4 Å². The van der Waals surface area contributed by atoms with Gasteiger partial charge in [-0.1, -0.05) is 0 Å². The van der Waals surface area contributed by atoms with Gasteiger partial charge in [0, 0.05) is 11.7 Å². The number of carbonyl (C=O) groups excluding carboxylic acids is 1. The molecule has 0 saturated carbocycles. The fourth-order valence-electron chi connectivity index (χ4n) is 1.26. The molecule has 0 aromatic rings. The number of hydrogen-bond acceptors (Lipinski definition) is 5. The predicted octanol–water partition coefficient (Wildman–Crippen LogP) is -0.0353. The Kier molecular flexibility index (Phi) is 7.96. The van der Waals surface area contributed by atoms with Crippen molar-refractivity contribution in [3.63, 3.8) is 0 Å². The van der Waals surface area contributed by atoms with Crippen molar-refractivity contribution >= 4 is 23.9 Å². The van der Waals surface area contributed by atoms with Gasteiger partial charge in [-0.05, 0) is 31.3 Å². The molecule has 0 aliphatic heterocycles. The number of amides is 1. The Morgan fingerprint density at radius 1 is 1.50 bits per heavy atom. The Hall–Kier alpha value is -0.790. The summed E-state index contributed by atoms with van der Waals surface area (Å²) in [6, 6.07) is -1.03. The maximum atomic E-state index is 11.1. The van der Waals surface area contributed by atoms with E-state index in [2.05, 4.69) is 0 Å². The summed E-state index contributed by atoms with van der Waals surface area (Å²) in [5.74, 6) is -1.36. The first-order valence-electron chi connectivity index (χ1n) is 4.92. The van der Waals surface area contributed by atoms with Crippen LogP contribution < -0.4 is 11.5 Å². The quantitative estimate of drug-likeness (QED) is 0.391. The zero-order valence-electron chi connectivity index (χ0n) is 9.22. The van der Waals surface area contributed by atoms with Crippen LogP contribution in [0.2, 0.25) is 0 Å². The van der Waals surface area contributed by atoms with E-state index in [0.717, 1.165) is 12.2 Å². The molecule has 0 aliphatic rings. The number of aliphatic carboxylic acids is 1. The van der Waals surface area contributed by atoms with Crippen LogP contribution in [0.5, 0.6) is 0 Å². The summed E-state index contributed by atoms with van der Waals surface area (Å²) >= 11 is 1.29. The number of nitrogens with two attached hydrogens (primary N) is 2. The smallest absolute Gasteiger partial charge is 0.320 e. The standard InChI is InChI=1S/C9H18N2O4S/c1-15-16-4-2-3-6(8(11)12)5-7(10)9(13)14/h6-7H,2-5,10H2,1H3,(H2,11,12)(H,13,14). The van der Waals surface area contributed by atoms with Crippen molar-refractivity contribution in [1.29, 1.82) is 0 Å². The summed E-state index contributed by atoms with van der Waals surface area (Å²) in [5, 5.41) is 8.62. The monoisotopic (exact) mass is 250 g/mol. The summed E-state index contributed by atoms with van der Waals surface area (Å²) in [7, 11) is 1.57. The van der Waals surface area contributed by atoms with E-state index in [1.165, 1.54) is 12.0 Å². The van der Waals surface area contributed by atoms with Crippen LogP contribution in [0.4, 0.5) is 0 Å². The second-order valence-corrected chi connectivity index (χ2v) is 4.39. The van der Waals surface area contributed by atoms with Crippen LogP contribution in [0.25, 0.3) is 0 Å². The van der Waals surface area contributed by atoms with E-state index in [-0.39, 0.29) is 6.42 Å². The van der Waals surface area contributed by atoms with Gasteiger partial charge in [-0.25, -0.2) is 0 Å². The summed E-state index contributed by atoms with van der Waals surface area (Å²) in [5.41, 5.74) is 10.5. The van der Waals surface area contributed by atoms with Crippen LogP contribution in [0, 0.1) is 5.92 Å². The van der Waals surface area contributed by atoms with Crippen molar-refractivity contribution in [3.05, 3.63) is 0 Å². The first-order chi connectivity index (χ1) is 7.49. The van der Waals surface area contributed by atoms with Crippen molar-refractivity contribution < 1.29 is 18.9 Å². The zero-order valence-corrected chi connectivity index (χ0v) is 10.0. The molecule has 7 heteroatoms. The van der Waals surface area contributed by atoms with Crippen LogP contribution in [-0.2, 0) is 13.8 Å². The van der Waals surface area contributed by atoms with Crippen LogP contribution in [-0.4, -0.2) is 35.9 Å². The van der Waals surface area contributed by atoms with E-state index in [1.54, 1.807) is 7.11 Å². The number of rotatable bonds is 9. The molecule has 0 bridgehead atoms. The Morgan fingerprint density at radius 3 is 2.56 bits per heavy atom. The average molecular weight is 250 g/mol. The summed E-state index contributed by atoms with van der Waals surface area (Å²) in [6.07, 6.45) is 1.35. The molecule has 0 aliphatic carbocycles. The molecule has 0 spiro atoms. The van der Waals surface area contributed by atoms with Gasteiger partial charge in [-0.3, -0.25) is 9.59 Å². The number of carboxylic acids is 1. The maximum absolute atomic E-state index is 11.1. The molecule has 0 heterocycles. The lowest BCUT2D eigenvalue weighted by Gasteiger charge is -2.15. The van der Waals surface area contributed by atoms with Gasteiger partial charge < -0.3 is 20.8 Å². The number of carboxylic acid groups (broad SMARTS) is 1. The van der Waals surface area contributed by atoms with Gasteiger partial charge in [0.15, 0.2) is 0 Å². The van der Waals surface area contributed by atoms with E-state index in [9.17, 15) is 9.59 Å². The molecular formula is C9H18N2O4S. The van der Waals surface area contributed by atoms with Gasteiger partial charge in [0.05, 0.1) is 7.11 Å². The number of carbonyl (C=O) groups is 2. The minimum Gasteiger partial charge on any atom is -0.480 e. The topological polar surface area (TPSA) is 116 Å². The molecular weight excluding hydrogens is 232 g/mol. The minimum absolute atomic E-state index is 0.0856. The van der Waals surface area contributed by atoms with Gasteiger partial charge in [0.25, 0.3) is 0 Å². The molecule has 6 nitrogen and oxygen atoms in total. The highest BCUT2D eigenvalue weighted by atomic mass is 32.2. The highest BCUT2D eigenvalue weighted by molar-refractivity contribution is 7.94. The lowest BCUT2D eigenvalue weighted by Crippen LogP contribution is -2.36. The van der Waals surface area contributed by atoms with E-state index >= 15 is 0 Å². The van der Waals surface area contributed by atoms with Gasteiger partial charge in [-0.15, -0.1) is 0 Å². The fraction of sp³-hybridized carbons (Fsp3) is 0.778. The van der Waals surface area contributed by atoms with Crippen molar-refractivity contribution in [3.8, 4) is 0 Å². The van der Waals surface area contributed by atoms with Crippen molar-refractivity contribution in [2.75, 3.05) is 12.9 Å². The Bertz CT molecular complexity index is 238. The Morgan fingerprint density at radius 2 is 2.12 bits per heavy atom.